The molecular weight excluding hydrogens is 162 g/mol. The van der Waals surface area contributed by atoms with E-state index >= 15 is 0 Å². The topological polar surface area (TPSA) is 20.3 Å². The van der Waals surface area contributed by atoms with Gasteiger partial charge in [0.2, 0.25) is 0 Å². The fraction of sp³-hybridized carbons (Fsp3) is 0.909. The van der Waals surface area contributed by atoms with Crippen LogP contribution in [0.3, 0.4) is 0 Å². The van der Waals surface area contributed by atoms with Crippen molar-refractivity contribution in [1.29, 1.82) is 0 Å². The number of carbonyl (C=O) groups is 1. The van der Waals surface area contributed by atoms with Gasteiger partial charge in [-0.3, -0.25) is 4.79 Å². The van der Waals surface area contributed by atoms with E-state index in [0.717, 1.165) is 32.0 Å². The van der Waals surface area contributed by atoms with E-state index in [1.54, 1.807) is 0 Å². The second-order valence-electron chi connectivity index (χ2n) is 3.86. The number of carbonyl (C=O) groups excluding carboxylic acids is 1. The predicted molar refractivity (Wildman–Crippen MR) is 54.8 cm³/mol. The Labute approximate surface area is 81.3 Å². The normalized spacial score (nSPS) is 16.5. The van der Waals surface area contributed by atoms with Crippen LogP contribution < -0.4 is 0 Å². The highest BCUT2D eigenvalue weighted by Crippen LogP contribution is 2.26. The summed E-state index contributed by atoms with van der Waals surface area (Å²) >= 11 is 0. The molecule has 2 heteroatoms. The summed E-state index contributed by atoms with van der Waals surface area (Å²) in [5.41, 5.74) is 0. The molecule has 0 heterocycles. The van der Waals surface area contributed by atoms with Crippen LogP contribution in [0.15, 0.2) is 0 Å². The van der Waals surface area contributed by atoms with Crippen molar-refractivity contribution >= 4 is 5.78 Å². The van der Waals surface area contributed by atoms with Crippen molar-refractivity contribution in [3.63, 3.8) is 0 Å². The van der Waals surface area contributed by atoms with E-state index in [9.17, 15) is 4.79 Å². The number of hydrogen-bond acceptors (Lipinski definition) is 2. The van der Waals surface area contributed by atoms with Gasteiger partial charge in [-0.15, -0.1) is 0 Å². The molecule has 1 rings (SSSR count). The summed E-state index contributed by atoms with van der Waals surface area (Å²) < 4.78 is 0. The standard InChI is InChI=1S/C11H21NO/c1-3-11(13)6-5-9-12(4-2)10-7-8-10/h10H,3-9H2,1-2H3. The van der Waals surface area contributed by atoms with Gasteiger partial charge >= 0.3 is 0 Å². The third-order valence-corrected chi connectivity index (χ3v) is 2.76. The van der Waals surface area contributed by atoms with Crippen molar-refractivity contribution in [3.8, 4) is 0 Å². The summed E-state index contributed by atoms with van der Waals surface area (Å²) in [6.45, 7) is 6.42. The smallest absolute Gasteiger partial charge is 0.132 e. The van der Waals surface area contributed by atoms with E-state index in [4.69, 9.17) is 0 Å². The minimum atomic E-state index is 0.409. The molecule has 0 amide bonds. The Bertz CT molecular complexity index is 163. The predicted octanol–water partition coefficient (Wildman–Crippen LogP) is 2.23. The van der Waals surface area contributed by atoms with E-state index in [1.807, 2.05) is 6.92 Å². The molecule has 76 valence electrons. The fourth-order valence-corrected chi connectivity index (χ4v) is 1.69. The zero-order valence-corrected chi connectivity index (χ0v) is 8.88. The molecule has 0 atom stereocenters. The highest BCUT2D eigenvalue weighted by atomic mass is 16.1. The van der Waals surface area contributed by atoms with Gasteiger partial charge in [0.15, 0.2) is 0 Å². The molecule has 0 aliphatic heterocycles. The Balaban J connectivity index is 2.05. The third-order valence-electron chi connectivity index (χ3n) is 2.76. The van der Waals surface area contributed by atoms with Crippen LogP contribution >= 0.6 is 0 Å². The highest BCUT2D eigenvalue weighted by Gasteiger charge is 2.27. The molecule has 0 aromatic rings. The van der Waals surface area contributed by atoms with Crippen LogP contribution in [0.4, 0.5) is 0 Å². The van der Waals surface area contributed by atoms with Gasteiger partial charge in [0.25, 0.3) is 0 Å². The Kier molecular flexibility index (Phi) is 4.43. The number of Topliss-reactive ketones (excluding diaryl/α,β-unsaturated/α-hetero) is 1. The summed E-state index contributed by atoms with van der Waals surface area (Å²) in [5.74, 6) is 0.409. The number of nitrogens with zero attached hydrogens (tertiary/aromatic N) is 1. The van der Waals surface area contributed by atoms with Crippen molar-refractivity contribution < 1.29 is 4.79 Å². The number of ketones is 1. The zero-order valence-electron chi connectivity index (χ0n) is 8.88. The number of rotatable bonds is 7. The van der Waals surface area contributed by atoms with Gasteiger partial charge in [-0.05, 0) is 32.4 Å². The Morgan fingerprint density at radius 2 is 2.08 bits per heavy atom. The quantitative estimate of drug-likeness (QED) is 0.603. The molecule has 1 saturated carbocycles. The van der Waals surface area contributed by atoms with E-state index in [-0.39, 0.29) is 0 Å². The van der Waals surface area contributed by atoms with Crippen molar-refractivity contribution in [3.05, 3.63) is 0 Å². The highest BCUT2D eigenvalue weighted by molar-refractivity contribution is 5.77. The van der Waals surface area contributed by atoms with Gasteiger partial charge in [0, 0.05) is 18.9 Å². The van der Waals surface area contributed by atoms with Gasteiger partial charge in [-0.25, -0.2) is 0 Å². The Hall–Kier alpha value is -0.370. The maximum absolute atomic E-state index is 11.0. The van der Waals surface area contributed by atoms with Crippen LogP contribution in [-0.4, -0.2) is 29.8 Å². The minimum Gasteiger partial charge on any atom is -0.301 e. The van der Waals surface area contributed by atoms with Crippen LogP contribution in [-0.2, 0) is 4.79 Å². The lowest BCUT2D eigenvalue weighted by atomic mass is 10.2. The molecule has 13 heavy (non-hydrogen) atoms. The average Bonchev–Trinajstić information content (AvgIpc) is 2.95. The van der Waals surface area contributed by atoms with Gasteiger partial charge < -0.3 is 4.90 Å². The lowest BCUT2D eigenvalue weighted by molar-refractivity contribution is -0.118. The van der Waals surface area contributed by atoms with Gasteiger partial charge in [0.1, 0.15) is 5.78 Å². The van der Waals surface area contributed by atoms with E-state index in [0.29, 0.717) is 12.2 Å². The summed E-state index contributed by atoms with van der Waals surface area (Å²) in [6, 6.07) is 0.849. The SMILES string of the molecule is CCC(=O)CCCN(CC)C1CC1. The van der Waals surface area contributed by atoms with Gasteiger partial charge in [-0.1, -0.05) is 13.8 Å². The van der Waals surface area contributed by atoms with Crippen LogP contribution in [0.1, 0.15) is 46.0 Å². The second kappa shape index (κ2) is 5.38. The summed E-state index contributed by atoms with van der Waals surface area (Å²) in [7, 11) is 0. The molecule has 0 spiro atoms. The largest absolute Gasteiger partial charge is 0.301 e. The molecule has 1 aliphatic rings. The van der Waals surface area contributed by atoms with Crippen molar-refractivity contribution in [2.75, 3.05) is 13.1 Å². The van der Waals surface area contributed by atoms with E-state index in [1.165, 1.54) is 12.8 Å². The number of hydrogen-bond donors (Lipinski definition) is 0. The van der Waals surface area contributed by atoms with Crippen molar-refractivity contribution in [2.45, 2.75) is 52.0 Å². The van der Waals surface area contributed by atoms with Crippen LogP contribution in [0.2, 0.25) is 0 Å². The Morgan fingerprint density at radius 3 is 2.54 bits per heavy atom. The second-order valence-corrected chi connectivity index (χ2v) is 3.86. The molecule has 0 unspecified atom stereocenters. The summed E-state index contributed by atoms with van der Waals surface area (Å²) in [6.07, 6.45) is 5.28. The van der Waals surface area contributed by atoms with Crippen molar-refractivity contribution in [2.24, 2.45) is 0 Å². The summed E-state index contributed by atoms with van der Waals surface area (Å²) in [5, 5.41) is 0. The van der Waals surface area contributed by atoms with E-state index in [2.05, 4.69) is 11.8 Å². The first kappa shape index (κ1) is 10.7. The molecular formula is C11H21NO. The molecule has 0 aromatic heterocycles. The zero-order chi connectivity index (χ0) is 9.68. The first-order valence-electron chi connectivity index (χ1n) is 5.53. The average molecular weight is 183 g/mol. The van der Waals surface area contributed by atoms with Gasteiger partial charge in [0.05, 0.1) is 0 Å². The first-order valence-corrected chi connectivity index (χ1v) is 5.53. The third kappa shape index (κ3) is 3.90. The first-order chi connectivity index (χ1) is 6.27. The van der Waals surface area contributed by atoms with Crippen LogP contribution in [0, 0.1) is 0 Å². The minimum absolute atomic E-state index is 0.409. The molecule has 1 fully saturated rings. The molecule has 0 bridgehead atoms. The lowest BCUT2D eigenvalue weighted by Gasteiger charge is -2.18. The van der Waals surface area contributed by atoms with Crippen LogP contribution in [0.25, 0.3) is 0 Å². The maximum atomic E-state index is 11.0. The Morgan fingerprint density at radius 1 is 1.38 bits per heavy atom. The molecule has 0 saturated heterocycles. The summed E-state index contributed by atoms with van der Waals surface area (Å²) in [4.78, 5) is 13.6. The van der Waals surface area contributed by atoms with E-state index < -0.39 is 0 Å². The van der Waals surface area contributed by atoms with Crippen molar-refractivity contribution in [1.82, 2.24) is 4.90 Å². The molecule has 0 N–H and O–H groups in total. The van der Waals surface area contributed by atoms with Crippen LogP contribution in [0.5, 0.6) is 0 Å². The molecule has 1 aliphatic carbocycles. The molecule has 0 aromatic carbocycles. The molecule has 0 radical (unpaired) electrons. The fourth-order valence-electron chi connectivity index (χ4n) is 1.69. The lowest BCUT2D eigenvalue weighted by Crippen LogP contribution is -2.27. The molecule has 2 nitrogen and oxygen atoms in total. The monoisotopic (exact) mass is 183 g/mol. The van der Waals surface area contributed by atoms with Gasteiger partial charge in [-0.2, -0.15) is 0 Å². The maximum Gasteiger partial charge on any atom is 0.132 e.